The predicted molar refractivity (Wildman–Crippen MR) is 78.9 cm³/mol. The molecule has 0 saturated heterocycles. The van der Waals surface area contributed by atoms with E-state index >= 15 is 0 Å². The van der Waals surface area contributed by atoms with E-state index in [1.54, 1.807) is 7.05 Å². The second kappa shape index (κ2) is 6.69. The third-order valence-corrected chi connectivity index (χ3v) is 2.83. The van der Waals surface area contributed by atoms with E-state index in [0.29, 0.717) is 24.7 Å². The molecule has 0 aliphatic carbocycles. The van der Waals surface area contributed by atoms with Gasteiger partial charge in [0, 0.05) is 19.5 Å². The number of hydrogen-bond donors (Lipinski definition) is 2. The molecule has 21 heavy (non-hydrogen) atoms. The molecule has 0 unspecified atom stereocenters. The van der Waals surface area contributed by atoms with Crippen LogP contribution in [0.25, 0.3) is 0 Å². The number of rotatable bonds is 6. The predicted octanol–water partition coefficient (Wildman–Crippen LogP) is 2.15. The average Bonchev–Trinajstić information content (AvgIpc) is 2.47. The quantitative estimate of drug-likeness (QED) is 0.847. The van der Waals surface area contributed by atoms with Crippen molar-refractivity contribution in [1.82, 2.24) is 9.97 Å². The van der Waals surface area contributed by atoms with Crippen molar-refractivity contribution in [2.45, 2.75) is 13.3 Å². The minimum atomic E-state index is -1.07. The Morgan fingerprint density at radius 3 is 2.81 bits per heavy atom. The summed E-state index contributed by atoms with van der Waals surface area (Å²) in [6.45, 7) is 2.38. The van der Waals surface area contributed by atoms with Crippen LogP contribution < -0.4 is 10.1 Å². The lowest BCUT2D eigenvalue weighted by Crippen LogP contribution is -2.11. The summed E-state index contributed by atoms with van der Waals surface area (Å²) in [6, 6.07) is 9.12. The fourth-order valence-corrected chi connectivity index (χ4v) is 1.81. The number of ether oxygens (including phenoxy) is 1. The maximum absolute atomic E-state index is 11.0. The summed E-state index contributed by atoms with van der Waals surface area (Å²) in [7, 11) is 1.68. The number of nitrogens with one attached hydrogen (secondary N) is 1. The third kappa shape index (κ3) is 4.17. The Bertz CT molecular complexity index is 644. The average molecular weight is 287 g/mol. The monoisotopic (exact) mass is 287 g/mol. The van der Waals surface area contributed by atoms with Crippen molar-refractivity contribution >= 4 is 11.8 Å². The Labute approximate surface area is 122 Å². The molecular formula is C15H17N3O3. The SMILES string of the molecule is CNc1cc(C(=O)O)nc(CCOc2cccc(C)c2)n1. The van der Waals surface area contributed by atoms with Crippen molar-refractivity contribution in [2.24, 2.45) is 0 Å². The largest absolute Gasteiger partial charge is 0.493 e. The zero-order chi connectivity index (χ0) is 15.2. The number of carboxylic acid groups (broad SMARTS) is 1. The number of anilines is 1. The highest BCUT2D eigenvalue weighted by molar-refractivity contribution is 5.86. The molecule has 0 atom stereocenters. The minimum Gasteiger partial charge on any atom is -0.493 e. The van der Waals surface area contributed by atoms with Gasteiger partial charge in [-0.2, -0.15) is 0 Å². The van der Waals surface area contributed by atoms with Crippen LogP contribution in [0, 0.1) is 6.92 Å². The molecule has 6 heteroatoms. The van der Waals surface area contributed by atoms with Crippen LogP contribution >= 0.6 is 0 Å². The van der Waals surface area contributed by atoms with Crippen molar-refractivity contribution in [3.8, 4) is 5.75 Å². The zero-order valence-electron chi connectivity index (χ0n) is 12.0. The Morgan fingerprint density at radius 1 is 1.33 bits per heavy atom. The second-order valence-corrected chi connectivity index (χ2v) is 4.52. The summed E-state index contributed by atoms with van der Waals surface area (Å²) in [5.41, 5.74) is 1.09. The fourth-order valence-electron chi connectivity index (χ4n) is 1.81. The highest BCUT2D eigenvalue weighted by atomic mass is 16.5. The summed E-state index contributed by atoms with van der Waals surface area (Å²) in [5.74, 6) is 0.618. The molecule has 1 aromatic heterocycles. The summed E-state index contributed by atoms with van der Waals surface area (Å²) >= 11 is 0. The van der Waals surface area contributed by atoms with Crippen molar-refractivity contribution in [3.05, 3.63) is 47.4 Å². The molecule has 0 aliphatic heterocycles. The van der Waals surface area contributed by atoms with Gasteiger partial charge >= 0.3 is 5.97 Å². The summed E-state index contributed by atoms with van der Waals surface area (Å²) in [4.78, 5) is 19.2. The molecule has 0 radical (unpaired) electrons. The van der Waals surface area contributed by atoms with Gasteiger partial charge in [0.15, 0.2) is 5.69 Å². The van der Waals surface area contributed by atoms with Gasteiger partial charge in [0.1, 0.15) is 17.4 Å². The van der Waals surface area contributed by atoms with Crippen molar-refractivity contribution in [3.63, 3.8) is 0 Å². The van der Waals surface area contributed by atoms with Crippen LogP contribution in [0.15, 0.2) is 30.3 Å². The van der Waals surface area contributed by atoms with E-state index in [1.165, 1.54) is 6.07 Å². The van der Waals surface area contributed by atoms with E-state index in [-0.39, 0.29) is 5.69 Å². The minimum absolute atomic E-state index is 0.0279. The van der Waals surface area contributed by atoms with E-state index in [2.05, 4.69) is 15.3 Å². The maximum Gasteiger partial charge on any atom is 0.354 e. The van der Waals surface area contributed by atoms with Gasteiger partial charge in [0.25, 0.3) is 0 Å². The van der Waals surface area contributed by atoms with Crippen LogP contribution in [-0.2, 0) is 6.42 Å². The van der Waals surface area contributed by atoms with Gasteiger partial charge in [-0.25, -0.2) is 14.8 Å². The van der Waals surface area contributed by atoms with E-state index in [1.807, 2.05) is 31.2 Å². The van der Waals surface area contributed by atoms with Gasteiger partial charge in [-0.3, -0.25) is 0 Å². The standard InChI is InChI=1S/C15H17N3O3/c1-10-4-3-5-11(8-10)21-7-6-13-17-12(15(19)20)9-14(16-2)18-13/h3-5,8-9H,6-7H2,1-2H3,(H,19,20)(H,16,17,18). The fraction of sp³-hybridized carbons (Fsp3) is 0.267. The molecule has 0 fully saturated rings. The lowest BCUT2D eigenvalue weighted by molar-refractivity contribution is 0.0690. The van der Waals surface area contributed by atoms with Crippen LogP contribution in [0.2, 0.25) is 0 Å². The highest BCUT2D eigenvalue weighted by Gasteiger charge is 2.10. The molecular weight excluding hydrogens is 270 g/mol. The normalized spacial score (nSPS) is 10.2. The van der Waals surface area contributed by atoms with E-state index in [4.69, 9.17) is 9.84 Å². The number of aryl methyl sites for hydroxylation is 1. The van der Waals surface area contributed by atoms with Crippen molar-refractivity contribution in [1.29, 1.82) is 0 Å². The van der Waals surface area contributed by atoms with Crippen LogP contribution in [0.5, 0.6) is 5.75 Å². The van der Waals surface area contributed by atoms with Crippen molar-refractivity contribution < 1.29 is 14.6 Å². The van der Waals surface area contributed by atoms with E-state index in [0.717, 1.165) is 11.3 Å². The van der Waals surface area contributed by atoms with Gasteiger partial charge < -0.3 is 15.2 Å². The molecule has 0 amide bonds. The first-order valence-electron chi connectivity index (χ1n) is 6.57. The first-order chi connectivity index (χ1) is 10.1. The lowest BCUT2D eigenvalue weighted by atomic mass is 10.2. The molecule has 0 spiro atoms. The number of carbonyl (C=O) groups is 1. The molecule has 2 N–H and O–H groups in total. The molecule has 0 aliphatic rings. The van der Waals surface area contributed by atoms with Gasteiger partial charge in [-0.15, -0.1) is 0 Å². The van der Waals surface area contributed by atoms with Gasteiger partial charge in [-0.1, -0.05) is 12.1 Å². The molecule has 0 bridgehead atoms. The number of nitrogens with zero attached hydrogens (tertiary/aromatic N) is 2. The van der Waals surface area contributed by atoms with Gasteiger partial charge in [-0.05, 0) is 24.6 Å². The number of aromatic nitrogens is 2. The Kier molecular flexibility index (Phi) is 4.71. The van der Waals surface area contributed by atoms with E-state index in [9.17, 15) is 4.79 Å². The first kappa shape index (κ1) is 14.8. The van der Waals surface area contributed by atoms with Crippen LogP contribution in [-0.4, -0.2) is 34.7 Å². The number of hydrogen-bond acceptors (Lipinski definition) is 5. The smallest absolute Gasteiger partial charge is 0.354 e. The molecule has 0 saturated carbocycles. The van der Waals surface area contributed by atoms with Crippen LogP contribution in [0.3, 0.4) is 0 Å². The topological polar surface area (TPSA) is 84.3 Å². The molecule has 2 aromatic rings. The van der Waals surface area contributed by atoms with E-state index < -0.39 is 5.97 Å². The zero-order valence-corrected chi connectivity index (χ0v) is 12.0. The Hall–Kier alpha value is -2.63. The number of aromatic carboxylic acids is 1. The molecule has 1 heterocycles. The van der Waals surface area contributed by atoms with Crippen LogP contribution in [0.4, 0.5) is 5.82 Å². The molecule has 1 aromatic carbocycles. The van der Waals surface area contributed by atoms with Gasteiger partial charge in [0.2, 0.25) is 0 Å². The number of carboxylic acids is 1. The number of benzene rings is 1. The molecule has 6 nitrogen and oxygen atoms in total. The summed E-state index contributed by atoms with van der Waals surface area (Å²) in [5, 5.41) is 11.8. The first-order valence-corrected chi connectivity index (χ1v) is 6.57. The molecule has 110 valence electrons. The summed E-state index contributed by atoms with van der Waals surface area (Å²) in [6.07, 6.45) is 0.434. The second-order valence-electron chi connectivity index (χ2n) is 4.52. The van der Waals surface area contributed by atoms with Crippen molar-refractivity contribution in [2.75, 3.05) is 19.0 Å². The lowest BCUT2D eigenvalue weighted by Gasteiger charge is -2.08. The summed E-state index contributed by atoms with van der Waals surface area (Å²) < 4.78 is 5.62. The maximum atomic E-state index is 11.0. The Morgan fingerprint density at radius 2 is 2.14 bits per heavy atom. The van der Waals surface area contributed by atoms with Gasteiger partial charge in [0.05, 0.1) is 6.61 Å². The Balaban J connectivity index is 2.02. The highest BCUT2D eigenvalue weighted by Crippen LogP contribution is 2.13. The van der Waals surface area contributed by atoms with Crippen LogP contribution in [0.1, 0.15) is 21.9 Å². The third-order valence-electron chi connectivity index (χ3n) is 2.83. The molecule has 2 rings (SSSR count).